The van der Waals surface area contributed by atoms with Crippen LogP contribution in [0.1, 0.15) is 145 Å². The lowest BCUT2D eigenvalue weighted by Gasteiger charge is -2.59. The van der Waals surface area contributed by atoms with E-state index in [4.69, 9.17) is 14.2 Å². The standard InChI is InChI=1S/C47H78N2O11/c1-8-37-41(54)40(53)30(5)49(22-10-13-35(51)42(27(2)24-28(3)43(55)59-37)60-38-14-9-12-29(4)58-38)23-11-21-48-44(56)47(57)20-18-34-33-16-15-31-25-32(50)17-19-45(31,6)39(33)36(52)26-46(34,47)7/h15,27-30,33-42,51-54,57H,8-14,16-26H2,1-7H3,(H,48,56)/t27-,28+,29+,30+,33?,34?,35+,36-,37+,38-,39?,40+,41+,42?,45-,46-,47-/m0/s1. The highest BCUT2D eigenvalue weighted by Gasteiger charge is 2.68. The number of carbonyl (C=O) groups is 3. The van der Waals surface area contributed by atoms with Crippen LogP contribution in [-0.2, 0) is 28.6 Å². The van der Waals surface area contributed by atoms with Crippen LogP contribution in [0.5, 0.6) is 0 Å². The fourth-order valence-electron chi connectivity index (χ4n) is 12.8. The predicted molar refractivity (Wildman–Crippen MR) is 225 cm³/mol. The molecule has 342 valence electrons. The van der Waals surface area contributed by atoms with Gasteiger partial charge in [0.1, 0.15) is 23.6 Å². The summed E-state index contributed by atoms with van der Waals surface area (Å²) >= 11 is 0. The van der Waals surface area contributed by atoms with Gasteiger partial charge in [-0.15, -0.1) is 0 Å². The summed E-state index contributed by atoms with van der Waals surface area (Å²) in [6, 6.07) is -0.559. The molecule has 17 atom stereocenters. The second-order valence-corrected chi connectivity index (χ2v) is 20.5. The van der Waals surface area contributed by atoms with Crippen molar-refractivity contribution in [3.05, 3.63) is 11.6 Å². The van der Waals surface area contributed by atoms with Gasteiger partial charge in [-0.3, -0.25) is 19.3 Å². The number of rotatable bonds is 8. The van der Waals surface area contributed by atoms with Crippen LogP contribution in [-0.4, -0.2) is 128 Å². The minimum Gasteiger partial charge on any atom is -0.459 e. The van der Waals surface area contributed by atoms with E-state index >= 15 is 0 Å². The highest BCUT2D eigenvalue weighted by atomic mass is 16.7. The third kappa shape index (κ3) is 9.45. The summed E-state index contributed by atoms with van der Waals surface area (Å²) in [5, 5.41) is 61.7. The zero-order valence-corrected chi connectivity index (χ0v) is 37.5. The van der Waals surface area contributed by atoms with Crippen LogP contribution in [0.15, 0.2) is 11.6 Å². The second-order valence-electron chi connectivity index (χ2n) is 20.5. The third-order valence-corrected chi connectivity index (χ3v) is 16.5. The Labute approximate surface area is 358 Å². The van der Waals surface area contributed by atoms with Gasteiger partial charge >= 0.3 is 5.97 Å². The van der Waals surface area contributed by atoms with E-state index in [1.165, 1.54) is 0 Å². The first kappa shape index (κ1) is 47.5. The van der Waals surface area contributed by atoms with Gasteiger partial charge in [0.15, 0.2) is 6.29 Å². The monoisotopic (exact) mass is 847 g/mol. The van der Waals surface area contributed by atoms with E-state index in [1.807, 2.05) is 32.6 Å². The van der Waals surface area contributed by atoms with Crippen LogP contribution in [0, 0.1) is 40.4 Å². The number of cyclic esters (lactones) is 1. The van der Waals surface area contributed by atoms with Crippen LogP contribution in [0.2, 0.25) is 0 Å². The number of esters is 1. The molecule has 4 aliphatic carbocycles. The Morgan fingerprint density at radius 1 is 0.983 bits per heavy atom. The Morgan fingerprint density at radius 2 is 1.73 bits per heavy atom. The SMILES string of the molecule is CC[C@H]1OC(=O)[C@H](C)C[C@H](C)C(O[C@H]2CCC[C@@H](C)O2)[C@H](O)CCCN(CCCNC(=O)[C@@]2(O)CCC3C4CC=C5CC(=O)CC[C@]5(C)C4[C@@H](O)C[C@@]32C)[C@H](C)[C@@H](O)[C@@H]1O. The maximum atomic E-state index is 14.1. The molecule has 0 aromatic heterocycles. The molecule has 0 aromatic rings. The first-order valence-corrected chi connectivity index (χ1v) is 23.5. The third-order valence-electron chi connectivity index (χ3n) is 16.5. The molecule has 6 aliphatic rings. The summed E-state index contributed by atoms with van der Waals surface area (Å²) in [5.74, 6) is -1.22. The Hall–Kier alpha value is -1.97. The number of ether oxygens (including phenoxy) is 3. The summed E-state index contributed by atoms with van der Waals surface area (Å²) in [6.45, 7) is 14.8. The maximum absolute atomic E-state index is 14.1. The average molecular weight is 847 g/mol. The zero-order valence-electron chi connectivity index (χ0n) is 37.5. The fourth-order valence-corrected chi connectivity index (χ4v) is 12.8. The van der Waals surface area contributed by atoms with Crippen molar-refractivity contribution < 1.29 is 54.1 Å². The molecule has 13 nitrogen and oxygen atoms in total. The number of aliphatic hydroxyl groups is 5. The fraction of sp³-hybridized carbons (Fsp3) is 0.894. The van der Waals surface area contributed by atoms with Crippen LogP contribution in [0.25, 0.3) is 0 Å². The first-order chi connectivity index (χ1) is 28.3. The van der Waals surface area contributed by atoms with Gasteiger partial charge in [0, 0.05) is 37.4 Å². The van der Waals surface area contributed by atoms with Crippen LogP contribution < -0.4 is 5.32 Å². The van der Waals surface area contributed by atoms with Gasteiger partial charge < -0.3 is 45.1 Å². The second kappa shape index (κ2) is 19.4. The molecule has 1 amide bonds. The first-order valence-electron chi connectivity index (χ1n) is 23.5. The van der Waals surface area contributed by atoms with Crippen molar-refractivity contribution in [2.24, 2.45) is 40.4 Å². The molecule has 5 fully saturated rings. The molecule has 2 saturated heterocycles. The molecular weight excluding hydrogens is 769 g/mol. The molecule has 6 N–H and O–H groups in total. The predicted octanol–water partition coefficient (Wildman–Crippen LogP) is 4.58. The Balaban J connectivity index is 1.11. The molecule has 0 bridgehead atoms. The number of carbonyl (C=O) groups excluding carboxylic acids is 3. The van der Waals surface area contributed by atoms with Crippen molar-refractivity contribution in [2.75, 3.05) is 19.6 Å². The highest BCUT2D eigenvalue weighted by molar-refractivity contribution is 5.86. The van der Waals surface area contributed by atoms with Crippen LogP contribution in [0.4, 0.5) is 0 Å². The zero-order chi connectivity index (χ0) is 43.7. The van der Waals surface area contributed by atoms with E-state index in [0.717, 1.165) is 37.7 Å². The Morgan fingerprint density at radius 3 is 2.45 bits per heavy atom. The number of amides is 1. The summed E-state index contributed by atoms with van der Waals surface area (Å²) in [4.78, 5) is 41.8. The number of fused-ring (bicyclic) bond motifs is 5. The molecule has 6 rings (SSSR count). The Kier molecular flexibility index (Phi) is 15.4. The molecular formula is C47H78N2O11. The maximum Gasteiger partial charge on any atom is 0.309 e. The van der Waals surface area contributed by atoms with E-state index in [0.29, 0.717) is 77.3 Å². The van der Waals surface area contributed by atoms with E-state index in [9.17, 15) is 39.9 Å². The topological polar surface area (TPSA) is 195 Å². The molecule has 0 aromatic carbocycles. The lowest BCUT2D eigenvalue weighted by atomic mass is 9.46. The summed E-state index contributed by atoms with van der Waals surface area (Å²) < 4.78 is 18.4. The number of nitrogens with zero attached hydrogens (tertiary/aromatic N) is 1. The highest BCUT2D eigenvalue weighted by Crippen LogP contribution is 2.67. The molecule has 2 aliphatic heterocycles. The minimum atomic E-state index is -1.65. The van der Waals surface area contributed by atoms with Gasteiger partial charge in [-0.25, -0.2) is 0 Å². The van der Waals surface area contributed by atoms with Crippen molar-refractivity contribution in [2.45, 2.75) is 205 Å². The van der Waals surface area contributed by atoms with Gasteiger partial charge in [-0.05, 0) is 133 Å². The normalized spacial score (nSPS) is 46.2. The number of hydrogen-bond donors (Lipinski definition) is 6. The van der Waals surface area contributed by atoms with Gasteiger partial charge in [0.25, 0.3) is 5.91 Å². The van der Waals surface area contributed by atoms with Crippen molar-refractivity contribution in [3.63, 3.8) is 0 Å². The van der Waals surface area contributed by atoms with E-state index in [1.54, 1.807) is 13.8 Å². The smallest absolute Gasteiger partial charge is 0.309 e. The molecule has 0 spiro atoms. The number of hydrogen-bond acceptors (Lipinski definition) is 12. The number of aliphatic hydroxyl groups excluding tert-OH is 4. The quantitative estimate of drug-likeness (QED) is 0.113. The number of allylic oxidation sites excluding steroid dienone is 2. The average Bonchev–Trinajstić information content (AvgIpc) is 3.48. The van der Waals surface area contributed by atoms with Crippen LogP contribution in [0.3, 0.4) is 0 Å². The summed E-state index contributed by atoms with van der Waals surface area (Å²) in [7, 11) is 0. The van der Waals surface area contributed by atoms with Gasteiger partial charge in [0.2, 0.25) is 0 Å². The van der Waals surface area contributed by atoms with E-state index < -0.39 is 77.8 Å². The molecule has 3 saturated carbocycles. The lowest BCUT2D eigenvalue weighted by molar-refractivity contribution is -0.236. The molecule has 0 radical (unpaired) electrons. The van der Waals surface area contributed by atoms with Gasteiger partial charge in [-0.2, -0.15) is 0 Å². The summed E-state index contributed by atoms with van der Waals surface area (Å²) in [5.41, 5.74) is -1.57. The molecule has 4 unspecified atom stereocenters. The summed E-state index contributed by atoms with van der Waals surface area (Å²) in [6.07, 6.45) is 4.82. The minimum absolute atomic E-state index is 0.0101. The van der Waals surface area contributed by atoms with Crippen molar-refractivity contribution in [3.8, 4) is 0 Å². The molecule has 2 heterocycles. The van der Waals surface area contributed by atoms with Crippen molar-refractivity contribution in [1.29, 1.82) is 0 Å². The van der Waals surface area contributed by atoms with Gasteiger partial charge in [0.05, 0.1) is 36.4 Å². The number of nitrogens with one attached hydrogen (secondary N) is 1. The molecule has 13 heteroatoms. The number of Topliss-reactive ketones (excluding diaryl/α,β-unsaturated/α-hetero) is 1. The lowest BCUT2D eigenvalue weighted by Crippen LogP contribution is -2.63. The van der Waals surface area contributed by atoms with Crippen LogP contribution >= 0.6 is 0 Å². The van der Waals surface area contributed by atoms with Crippen molar-refractivity contribution >= 4 is 17.7 Å². The largest absolute Gasteiger partial charge is 0.459 e. The van der Waals surface area contributed by atoms with Gasteiger partial charge in [-0.1, -0.05) is 46.3 Å². The van der Waals surface area contributed by atoms with Crippen molar-refractivity contribution in [1.82, 2.24) is 10.2 Å². The van der Waals surface area contributed by atoms with E-state index in [-0.39, 0.29) is 47.5 Å². The Bertz CT molecular complexity index is 1540. The van der Waals surface area contributed by atoms with E-state index in [2.05, 4.69) is 18.3 Å². The molecule has 60 heavy (non-hydrogen) atoms. The number of ketones is 1.